The summed E-state index contributed by atoms with van der Waals surface area (Å²) >= 11 is 6.11. The molecule has 2 aromatic rings. The molecule has 2 aromatic carbocycles. The second kappa shape index (κ2) is 10.3. The number of benzene rings is 2. The van der Waals surface area contributed by atoms with Gasteiger partial charge in [-0.3, -0.25) is 10.1 Å². The van der Waals surface area contributed by atoms with Gasteiger partial charge in [-0.2, -0.15) is 13.2 Å². The van der Waals surface area contributed by atoms with Gasteiger partial charge in [-0.1, -0.05) is 11.6 Å². The molecule has 31 heavy (non-hydrogen) atoms. The normalized spacial score (nSPS) is 12.2. The number of rotatable bonds is 9. The van der Waals surface area contributed by atoms with Crippen LogP contribution >= 0.6 is 11.6 Å². The molecule has 0 amide bonds. The minimum absolute atomic E-state index is 0.0467. The van der Waals surface area contributed by atoms with Gasteiger partial charge in [0.05, 0.1) is 17.1 Å². The van der Waals surface area contributed by atoms with E-state index in [0.29, 0.717) is 6.07 Å². The molecule has 0 spiro atoms. The standard InChI is InChI=1S/C19H17ClF3NO7/c1-3-28-17(25)18(29-4-2)31-16-13(19(21,22)23)9-10-14(15(16)20)30-12-7-5-11(6-8-12)24(26)27/h5-10,18H,3-4H2,1-2H3. The fraction of sp³-hybridized carbons (Fsp3) is 0.316. The lowest BCUT2D eigenvalue weighted by Gasteiger charge is -2.22. The molecule has 1 atom stereocenters. The van der Waals surface area contributed by atoms with Gasteiger partial charge in [-0.15, -0.1) is 0 Å². The van der Waals surface area contributed by atoms with E-state index in [4.69, 9.17) is 30.5 Å². The van der Waals surface area contributed by atoms with Crippen molar-refractivity contribution >= 4 is 23.3 Å². The first-order chi connectivity index (χ1) is 14.6. The van der Waals surface area contributed by atoms with Crippen molar-refractivity contribution in [2.45, 2.75) is 26.3 Å². The van der Waals surface area contributed by atoms with E-state index in [1.165, 1.54) is 26.0 Å². The lowest BCUT2D eigenvalue weighted by atomic mass is 10.1. The predicted molar refractivity (Wildman–Crippen MR) is 102 cm³/mol. The zero-order valence-electron chi connectivity index (χ0n) is 16.3. The number of halogens is 4. The third-order valence-electron chi connectivity index (χ3n) is 3.66. The molecule has 0 bridgehead atoms. The third kappa shape index (κ3) is 6.22. The number of nitro benzene ring substituents is 1. The summed E-state index contributed by atoms with van der Waals surface area (Å²) in [6.07, 6.45) is -6.66. The summed E-state index contributed by atoms with van der Waals surface area (Å²) in [7, 11) is 0. The highest BCUT2D eigenvalue weighted by atomic mass is 35.5. The first-order valence-electron chi connectivity index (χ1n) is 8.85. The van der Waals surface area contributed by atoms with Gasteiger partial charge in [-0.05, 0) is 38.1 Å². The van der Waals surface area contributed by atoms with Crippen LogP contribution < -0.4 is 9.47 Å². The van der Waals surface area contributed by atoms with E-state index in [2.05, 4.69) is 0 Å². The molecule has 0 fully saturated rings. The molecule has 0 aliphatic rings. The lowest BCUT2D eigenvalue weighted by molar-refractivity contribution is -0.384. The SMILES string of the molecule is CCOC(=O)C(OCC)Oc1c(C(F)(F)F)ccc(Oc2ccc([N+](=O)[O-])cc2)c1Cl. The van der Waals surface area contributed by atoms with Gasteiger partial charge in [0.2, 0.25) is 0 Å². The van der Waals surface area contributed by atoms with Crippen molar-refractivity contribution in [2.75, 3.05) is 13.2 Å². The molecule has 12 heteroatoms. The van der Waals surface area contributed by atoms with E-state index in [0.717, 1.165) is 18.2 Å². The Bertz CT molecular complexity index is 935. The van der Waals surface area contributed by atoms with Crippen LogP contribution in [-0.4, -0.2) is 30.4 Å². The Hall–Kier alpha value is -3.05. The maximum atomic E-state index is 13.5. The summed E-state index contributed by atoms with van der Waals surface area (Å²) in [4.78, 5) is 22.1. The largest absolute Gasteiger partial charge is 0.461 e. The second-order valence-corrected chi connectivity index (χ2v) is 6.14. The highest BCUT2D eigenvalue weighted by molar-refractivity contribution is 6.33. The molecule has 0 radical (unpaired) electrons. The number of nitro groups is 1. The number of carbonyl (C=O) groups is 1. The molecule has 0 N–H and O–H groups in total. The maximum Gasteiger partial charge on any atom is 0.420 e. The molecule has 168 valence electrons. The van der Waals surface area contributed by atoms with Crippen LogP contribution in [0.4, 0.5) is 18.9 Å². The molecular weight excluding hydrogens is 447 g/mol. The smallest absolute Gasteiger partial charge is 0.420 e. The van der Waals surface area contributed by atoms with Crippen LogP contribution in [-0.2, 0) is 20.4 Å². The number of ether oxygens (including phenoxy) is 4. The Kier molecular flexibility index (Phi) is 8.06. The molecule has 0 aliphatic heterocycles. The summed E-state index contributed by atoms with van der Waals surface area (Å²) in [6, 6.07) is 6.41. The van der Waals surface area contributed by atoms with Crippen molar-refractivity contribution in [1.82, 2.24) is 0 Å². The van der Waals surface area contributed by atoms with E-state index in [1.54, 1.807) is 0 Å². The van der Waals surface area contributed by atoms with Gasteiger partial charge < -0.3 is 18.9 Å². The molecule has 0 heterocycles. The van der Waals surface area contributed by atoms with Gasteiger partial charge in [0.15, 0.2) is 5.75 Å². The van der Waals surface area contributed by atoms with E-state index in [-0.39, 0.29) is 30.4 Å². The Morgan fingerprint density at radius 3 is 2.29 bits per heavy atom. The lowest BCUT2D eigenvalue weighted by Crippen LogP contribution is -2.33. The van der Waals surface area contributed by atoms with Crippen molar-refractivity contribution in [2.24, 2.45) is 0 Å². The van der Waals surface area contributed by atoms with Crippen LogP contribution in [0, 0.1) is 10.1 Å². The number of hydrogen-bond acceptors (Lipinski definition) is 7. The Labute approximate surface area is 179 Å². The van der Waals surface area contributed by atoms with Crippen LogP contribution in [0.1, 0.15) is 19.4 Å². The second-order valence-electron chi connectivity index (χ2n) is 5.76. The first-order valence-corrected chi connectivity index (χ1v) is 9.23. The van der Waals surface area contributed by atoms with Crippen LogP contribution in [0.5, 0.6) is 17.2 Å². The summed E-state index contributed by atoms with van der Waals surface area (Å²) in [5, 5.41) is 10.1. The summed E-state index contributed by atoms with van der Waals surface area (Å²) in [5.41, 5.74) is -1.47. The third-order valence-corrected chi connectivity index (χ3v) is 4.02. The fourth-order valence-corrected chi connectivity index (χ4v) is 2.58. The predicted octanol–water partition coefficient (Wildman–Crippen LogP) is 5.36. The topological polar surface area (TPSA) is 97.1 Å². The summed E-state index contributed by atoms with van der Waals surface area (Å²) < 4.78 is 60.9. The van der Waals surface area contributed by atoms with Crippen LogP contribution in [0.15, 0.2) is 36.4 Å². The highest BCUT2D eigenvalue weighted by Gasteiger charge is 2.38. The Morgan fingerprint density at radius 1 is 1.13 bits per heavy atom. The number of carbonyl (C=O) groups excluding carboxylic acids is 1. The van der Waals surface area contributed by atoms with E-state index < -0.39 is 39.7 Å². The van der Waals surface area contributed by atoms with Crippen molar-refractivity contribution in [3.63, 3.8) is 0 Å². The van der Waals surface area contributed by atoms with Gasteiger partial charge in [0.1, 0.15) is 16.5 Å². The quantitative estimate of drug-likeness (QED) is 0.213. The molecule has 0 aliphatic carbocycles. The molecule has 0 aromatic heterocycles. The molecular formula is C19H17ClF3NO7. The van der Waals surface area contributed by atoms with Crippen LogP contribution in [0.2, 0.25) is 5.02 Å². The molecule has 0 saturated heterocycles. The van der Waals surface area contributed by atoms with Crippen molar-refractivity contribution < 1.29 is 41.8 Å². The average molecular weight is 464 g/mol. The van der Waals surface area contributed by atoms with E-state index in [9.17, 15) is 28.1 Å². The molecule has 1 unspecified atom stereocenters. The number of nitrogens with zero attached hydrogens (tertiary/aromatic N) is 1. The molecule has 8 nitrogen and oxygen atoms in total. The van der Waals surface area contributed by atoms with Gasteiger partial charge in [0.25, 0.3) is 12.0 Å². The monoisotopic (exact) mass is 463 g/mol. The highest BCUT2D eigenvalue weighted by Crippen LogP contribution is 2.46. The van der Waals surface area contributed by atoms with Gasteiger partial charge in [0, 0.05) is 18.7 Å². The van der Waals surface area contributed by atoms with Crippen molar-refractivity contribution in [1.29, 1.82) is 0 Å². The Balaban J connectivity index is 2.44. The zero-order valence-corrected chi connectivity index (χ0v) is 17.0. The minimum Gasteiger partial charge on any atom is -0.461 e. The van der Waals surface area contributed by atoms with Gasteiger partial charge in [-0.25, -0.2) is 4.79 Å². The number of esters is 1. The van der Waals surface area contributed by atoms with Crippen LogP contribution in [0.25, 0.3) is 0 Å². The number of hydrogen-bond donors (Lipinski definition) is 0. The van der Waals surface area contributed by atoms with E-state index >= 15 is 0 Å². The number of alkyl halides is 3. The average Bonchev–Trinajstić information content (AvgIpc) is 2.70. The molecule has 0 saturated carbocycles. The van der Waals surface area contributed by atoms with E-state index in [1.807, 2.05) is 0 Å². The van der Waals surface area contributed by atoms with Crippen LogP contribution in [0.3, 0.4) is 0 Å². The fourth-order valence-electron chi connectivity index (χ4n) is 2.34. The minimum atomic E-state index is -4.86. The Morgan fingerprint density at radius 2 is 1.77 bits per heavy atom. The van der Waals surface area contributed by atoms with Crippen molar-refractivity contribution in [3.8, 4) is 17.2 Å². The van der Waals surface area contributed by atoms with Crippen molar-refractivity contribution in [3.05, 3.63) is 57.1 Å². The zero-order chi connectivity index (χ0) is 23.2. The molecule has 2 rings (SSSR count). The van der Waals surface area contributed by atoms with Gasteiger partial charge >= 0.3 is 12.1 Å². The first kappa shape index (κ1) is 24.2. The summed E-state index contributed by atoms with van der Waals surface area (Å²) in [5.74, 6) is -2.09. The summed E-state index contributed by atoms with van der Waals surface area (Å²) in [6.45, 7) is 2.92. The maximum absolute atomic E-state index is 13.5. The number of non-ortho nitro benzene ring substituents is 1.